The molecule has 0 saturated carbocycles. The molecule has 1 aromatic heterocycles. The number of nitrogens with two attached hydrogens (primary N) is 1. The minimum absolute atomic E-state index is 0.00748. The molecule has 2 N–H and O–H groups in total. The van der Waals surface area contributed by atoms with Crippen molar-refractivity contribution in [2.24, 2.45) is 5.73 Å². The average molecular weight is 241 g/mol. The van der Waals surface area contributed by atoms with Gasteiger partial charge in [-0.05, 0) is 18.6 Å². The molecule has 0 fully saturated rings. The van der Waals surface area contributed by atoms with Crippen LogP contribution < -0.4 is 10.6 Å². The highest BCUT2D eigenvalue weighted by molar-refractivity contribution is 5.48. The third-order valence-corrected chi connectivity index (χ3v) is 2.93. The van der Waals surface area contributed by atoms with E-state index in [9.17, 15) is 0 Å². The standard InChI is InChI=1S/C15H19N3/c1-12(16)14-9-6-10-17-15(14)18(2)11-13-7-4-3-5-8-13/h3-10,12H,11,16H2,1-2H3/t12-/m1/s1. The van der Waals surface area contributed by atoms with Gasteiger partial charge in [0, 0.05) is 31.4 Å². The maximum atomic E-state index is 5.98. The van der Waals surface area contributed by atoms with Crippen molar-refractivity contribution in [2.45, 2.75) is 19.5 Å². The molecule has 1 atom stereocenters. The summed E-state index contributed by atoms with van der Waals surface area (Å²) in [6.07, 6.45) is 1.81. The maximum absolute atomic E-state index is 5.98. The zero-order chi connectivity index (χ0) is 13.0. The Balaban J connectivity index is 2.21. The molecule has 0 aliphatic heterocycles. The highest BCUT2D eigenvalue weighted by atomic mass is 15.2. The Hall–Kier alpha value is -1.87. The Kier molecular flexibility index (Phi) is 3.95. The van der Waals surface area contributed by atoms with Gasteiger partial charge in [0.05, 0.1) is 0 Å². The van der Waals surface area contributed by atoms with Crippen molar-refractivity contribution < 1.29 is 0 Å². The van der Waals surface area contributed by atoms with E-state index in [4.69, 9.17) is 5.73 Å². The molecule has 0 aliphatic rings. The summed E-state index contributed by atoms with van der Waals surface area (Å²) in [4.78, 5) is 6.57. The van der Waals surface area contributed by atoms with E-state index in [1.165, 1.54) is 5.56 Å². The van der Waals surface area contributed by atoms with Gasteiger partial charge in [0.1, 0.15) is 5.82 Å². The molecule has 2 rings (SSSR count). The van der Waals surface area contributed by atoms with Crippen LogP contribution in [0.25, 0.3) is 0 Å². The largest absolute Gasteiger partial charge is 0.355 e. The Morgan fingerprint density at radius 2 is 1.89 bits per heavy atom. The lowest BCUT2D eigenvalue weighted by molar-refractivity contribution is 0.788. The lowest BCUT2D eigenvalue weighted by Gasteiger charge is -2.22. The van der Waals surface area contributed by atoms with E-state index in [1.807, 2.05) is 50.5 Å². The minimum Gasteiger partial charge on any atom is -0.355 e. The number of hydrogen-bond donors (Lipinski definition) is 1. The van der Waals surface area contributed by atoms with Crippen LogP contribution in [-0.2, 0) is 6.54 Å². The van der Waals surface area contributed by atoms with Crippen LogP contribution in [0.4, 0.5) is 5.82 Å². The molecule has 0 amide bonds. The normalized spacial score (nSPS) is 12.2. The van der Waals surface area contributed by atoms with Crippen LogP contribution in [0.15, 0.2) is 48.7 Å². The van der Waals surface area contributed by atoms with E-state index in [2.05, 4.69) is 22.0 Å². The van der Waals surface area contributed by atoms with Crippen LogP contribution in [0.1, 0.15) is 24.1 Å². The van der Waals surface area contributed by atoms with Crippen LogP contribution >= 0.6 is 0 Å². The summed E-state index contributed by atoms with van der Waals surface area (Å²) in [5.74, 6) is 0.955. The van der Waals surface area contributed by atoms with Crippen molar-refractivity contribution in [2.75, 3.05) is 11.9 Å². The van der Waals surface area contributed by atoms with Crippen molar-refractivity contribution >= 4 is 5.82 Å². The van der Waals surface area contributed by atoms with Gasteiger partial charge >= 0.3 is 0 Å². The van der Waals surface area contributed by atoms with Crippen LogP contribution in [0, 0.1) is 0 Å². The summed E-state index contributed by atoms with van der Waals surface area (Å²) in [7, 11) is 2.04. The third kappa shape index (κ3) is 2.87. The average Bonchev–Trinajstić information content (AvgIpc) is 2.40. The predicted octanol–water partition coefficient (Wildman–Crippen LogP) is 2.74. The SMILES string of the molecule is C[C@@H](N)c1cccnc1N(C)Cc1ccccc1. The summed E-state index contributed by atoms with van der Waals surface area (Å²) in [5, 5.41) is 0. The molecule has 0 aliphatic carbocycles. The molecule has 0 radical (unpaired) electrons. The zero-order valence-corrected chi connectivity index (χ0v) is 10.9. The summed E-state index contributed by atoms with van der Waals surface area (Å²) >= 11 is 0. The Morgan fingerprint density at radius 3 is 2.56 bits per heavy atom. The number of anilines is 1. The van der Waals surface area contributed by atoms with E-state index < -0.39 is 0 Å². The Morgan fingerprint density at radius 1 is 1.17 bits per heavy atom. The molecule has 0 unspecified atom stereocenters. The third-order valence-electron chi connectivity index (χ3n) is 2.93. The summed E-state index contributed by atoms with van der Waals surface area (Å²) < 4.78 is 0. The predicted molar refractivity (Wildman–Crippen MR) is 75.4 cm³/mol. The quantitative estimate of drug-likeness (QED) is 0.895. The maximum Gasteiger partial charge on any atom is 0.133 e. The lowest BCUT2D eigenvalue weighted by Crippen LogP contribution is -2.21. The fraction of sp³-hybridized carbons (Fsp3) is 0.267. The first-order valence-corrected chi connectivity index (χ1v) is 6.14. The van der Waals surface area contributed by atoms with E-state index in [-0.39, 0.29) is 6.04 Å². The molecule has 0 saturated heterocycles. The van der Waals surface area contributed by atoms with Gasteiger partial charge in [-0.2, -0.15) is 0 Å². The van der Waals surface area contributed by atoms with Gasteiger partial charge in [0.2, 0.25) is 0 Å². The Labute approximate surface area is 108 Å². The second-order valence-corrected chi connectivity index (χ2v) is 4.55. The number of pyridine rings is 1. The first-order valence-electron chi connectivity index (χ1n) is 6.14. The number of hydrogen-bond acceptors (Lipinski definition) is 3. The highest BCUT2D eigenvalue weighted by Gasteiger charge is 2.11. The lowest BCUT2D eigenvalue weighted by atomic mass is 10.1. The van der Waals surface area contributed by atoms with Gasteiger partial charge in [-0.25, -0.2) is 4.98 Å². The smallest absolute Gasteiger partial charge is 0.133 e. The molecule has 3 nitrogen and oxygen atoms in total. The number of aromatic nitrogens is 1. The zero-order valence-electron chi connectivity index (χ0n) is 10.9. The molecular formula is C15H19N3. The Bertz CT molecular complexity index is 494. The molecule has 18 heavy (non-hydrogen) atoms. The molecule has 0 bridgehead atoms. The van der Waals surface area contributed by atoms with Crippen molar-refractivity contribution in [1.82, 2.24) is 4.98 Å². The van der Waals surface area contributed by atoms with Crippen LogP contribution in [0.3, 0.4) is 0 Å². The summed E-state index contributed by atoms with van der Waals surface area (Å²) in [6, 6.07) is 14.3. The first kappa shape index (κ1) is 12.6. The molecule has 2 aromatic rings. The summed E-state index contributed by atoms with van der Waals surface area (Å²) in [6.45, 7) is 2.81. The molecular weight excluding hydrogens is 222 g/mol. The van der Waals surface area contributed by atoms with Crippen molar-refractivity contribution in [1.29, 1.82) is 0 Å². The van der Waals surface area contributed by atoms with Gasteiger partial charge in [-0.1, -0.05) is 36.4 Å². The monoisotopic (exact) mass is 241 g/mol. The topological polar surface area (TPSA) is 42.1 Å². The molecule has 1 heterocycles. The van der Waals surface area contributed by atoms with Gasteiger partial charge in [0.15, 0.2) is 0 Å². The van der Waals surface area contributed by atoms with Gasteiger partial charge in [-0.15, -0.1) is 0 Å². The van der Waals surface area contributed by atoms with E-state index in [0.29, 0.717) is 0 Å². The van der Waals surface area contributed by atoms with Gasteiger partial charge in [0.25, 0.3) is 0 Å². The van der Waals surface area contributed by atoms with Crippen molar-refractivity contribution in [3.05, 3.63) is 59.8 Å². The molecule has 0 spiro atoms. The molecule has 94 valence electrons. The first-order chi connectivity index (χ1) is 8.68. The number of nitrogens with zero attached hydrogens (tertiary/aromatic N) is 2. The second-order valence-electron chi connectivity index (χ2n) is 4.55. The van der Waals surface area contributed by atoms with Gasteiger partial charge in [-0.3, -0.25) is 0 Å². The highest BCUT2D eigenvalue weighted by Crippen LogP contribution is 2.22. The van der Waals surface area contributed by atoms with Gasteiger partial charge < -0.3 is 10.6 Å². The van der Waals surface area contributed by atoms with E-state index in [0.717, 1.165) is 17.9 Å². The minimum atomic E-state index is -0.00748. The van der Waals surface area contributed by atoms with Crippen LogP contribution in [-0.4, -0.2) is 12.0 Å². The van der Waals surface area contributed by atoms with E-state index >= 15 is 0 Å². The van der Waals surface area contributed by atoms with E-state index in [1.54, 1.807) is 0 Å². The molecule has 1 aromatic carbocycles. The fourth-order valence-electron chi connectivity index (χ4n) is 2.02. The fourth-order valence-corrected chi connectivity index (χ4v) is 2.02. The van der Waals surface area contributed by atoms with Crippen LogP contribution in [0.5, 0.6) is 0 Å². The van der Waals surface area contributed by atoms with Crippen LogP contribution in [0.2, 0.25) is 0 Å². The van der Waals surface area contributed by atoms with Crippen molar-refractivity contribution in [3.63, 3.8) is 0 Å². The molecule has 3 heteroatoms. The summed E-state index contributed by atoms with van der Waals surface area (Å²) in [5.41, 5.74) is 8.32. The van der Waals surface area contributed by atoms with Crippen molar-refractivity contribution in [3.8, 4) is 0 Å². The number of rotatable bonds is 4. The second kappa shape index (κ2) is 5.65. The number of benzene rings is 1.